The molecule has 2 aliphatic rings. The third-order valence-electron chi connectivity index (χ3n) is 8.15. The Morgan fingerprint density at radius 2 is 0.938 bits per heavy atom. The summed E-state index contributed by atoms with van der Waals surface area (Å²) in [5.41, 5.74) is 17.8. The molecule has 2 unspecified atom stereocenters. The van der Waals surface area contributed by atoms with Crippen LogP contribution >= 0.6 is 0 Å². The summed E-state index contributed by atoms with van der Waals surface area (Å²) < 4.78 is 0. The van der Waals surface area contributed by atoms with Gasteiger partial charge in [0.25, 0.3) is 0 Å². The van der Waals surface area contributed by atoms with Crippen molar-refractivity contribution in [2.24, 2.45) is 0 Å². The van der Waals surface area contributed by atoms with E-state index in [4.69, 9.17) is 0 Å². The molecule has 0 radical (unpaired) electrons. The minimum absolute atomic E-state index is 0.467. The van der Waals surface area contributed by atoms with Crippen molar-refractivity contribution in [1.29, 1.82) is 0 Å². The van der Waals surface area contributed by atoms with E-state index in [0.717, 1.165) is 12.8 Å². The van der Waals surface area contributed by atoms with Crippen molar-refractivity contribution in [1.82, 2.24) is 0 Å². The predicted molar refractivity (Wildman–Crippen MR) is 136 cm³/mol. The Labute approximate surface area is 192 Å². The fourth-order valence-electron chi connectivity index (χ4n) is 6.30. The highest BCUT2D eigenvalue weighted by Gasteiger charge is 2.30. The Kier molecular flexibility index (Phi) is 4.40. The van der Waals surface area contributed by atoms with Crippen LogP contribution in [0.5, 0.6) is 0 Å². The van der Waals surface area contributed by atoms with Crippen LogP contribution < -0.4 is 0 Å². The Hall–Kier alpha value is -3.12. The van der Waals surface area contributed by atoms with E-state index in [2.05, 4.69) is 100 Å². The van der Waals surface area contributed by atoms with Crippen molar-refractivity contribution in [2.45, 2.75) is 52.4 Å². The minimum atomic E-state index is 0.467. The number of hydrogen-bond donors (Lipinski definition) is 0. The molecular formula is C32H30. The van der Waals surface area contributed by atoms with Crippen molar-refractivity contribution in [3.05, 3.63) is 117 Å². The molecule has 0 aromatic heterocycles. The molecule has 0 nitrogen and oxygen atoms in total. The molecule has 0 saturated heterocycles. The highest BCUT2D eigenvalue weighted by Crippen LogP contribution is 2.48. The number of benzene rings is 4. The van der Waals surface area contributed by atoms with Crippen molar-refractivity contribution >= 4 is 0 Å². The van der Waals surface area contributed by atoms with Gasteiger partial charge in [0.1, 0.15) is 0 Å². The zero-order valence-corrected chi connectivity index (χ0v) is 19.5. The van der Waals surface area contributed by atoms with Crippen LogP contribution in [-0.4, -0.2) is 0 Å². The monoisotopic (exact) mass is 414 g/mol. The number of hydrogen-bond acceptors (Lipinski definition) is 0. The van der Waals surface area contributed by atoms with E-state index in [-0.39, 0.29) is 0 Å². The van der Waals surface area contributed by atoms with Gasteiger partial charge in [-0.1, -0.05) is 86.6 Å². The molecule has 0 heterocycles. The second kappa shape index (κ2) is 7.20. The van der Waals surface area contributed by atoms with Crippen LogP contribution in [0, 0.1) is 13.8 Å². The lowest BCUT2D eigenvalue weighted by Gasteiger charge is -2.26. The first-order valence-corrected chi connectivity index (χ1v) is 12.0. The Morgan fingerprint density at radius 1 is 0.531 bits per heavy atom. The Morgan fingerprint density at radius 3 is 1.38 bits per heavy atom. The summed E-state index contributed by atoms with van der Waals surface area (Å²) in [5, 5.41) is 0. The van der Waals surface area contributed by atoms with Crippen LogP contribution in [0.15, 0.2) is 72.8 Å². The fourth-order valence-corrected chi connectivity index (χ4v) is 6.30. The molecule has 0 saturated carbocycles. The number of fused-ring (bicyclic) bond motifs is 6. The molecule has 32 heavy (non-hydrogen) atoms. The van der Waals surface area contributed by atoms with Crippen LogP contribution in [0.3, 0.4) is 0 Å². The van der Waals surface area contributed by atoms with E-state index in [0.29, 0.717) is 11.8 Å². The molecule has 0 aliphatic heterocycles. The first kappa shape index (κ1) is 19.6. The summed E-state index contributed by atoms with van der Waals surface area (Å²) in [6, 6.07) is 27.4. The minimum Gasteiger partial charge on any atom is -0.0619 e. The molecule has 4 aromatic carbocycles. The van der Waals surface area contributed by atoms with E-state index in [1.165, 1.54) is 55.6 Å². The molecule has 0 bridgehead atoms. The van der Waals surface area contributed by atoms with Crippen LogP contribution in [0.1, 0.15) is 70.2 Å². The molecule has 0 heteroatoms. The van der Waals surface area contributed by atoms with Crippen LogP contribution in [0.25, 0.3) is 22.3 Å². The number of aryl methyl sites for hydroxylation is 2. The summed E-state index contributed by atoms with van der Waals surface area (Å²) >= 11 is 0. The van der Waals surface area contributed by atoms with Crippen molar-refractivity contribution in [3.63, 3.8) is 0 Å². The largest absolute Gasteiger partial charge is 0.0619 e. The SMILES string of the molecule is Cc1ccc(C(C)C(C)c2ccc(C)c3c2Cc2ccccc2-3)c2c1-c1ccccc1C2. The highest BCUT2D eigenvalue weighted by atomic mass is 14.3. The lowest BCUT2D eigenvalue weighted by atomic mass is 9.78. The predicted octanol–water partition coefficient (Wildman–Crippen LogP) is 8.35. The second-order valence-electron chi connectivity index (χ2n) is 9.90. The third kappa shape index (κ3) is 2.75. The molecule has 0 fully saturated rings. The Bertz CT molecular complexity index is 1260. The number of rotatable bonds is 3. The van der Waals surface area contributed by atoms with Crippen LogP contribution in [0.2, 0.25) is 0 Å². The van der Waals surface area contributed by atoms with Gasteiger partial charge in [-0.25, -0.2) is 0 Å². The summed E-state index contributed by atoms with van der Waals surface area (Å²) in [6.07, 6.45) is 2.13. The van der Waals surface area contributed by atoms with Gasteiger partial charge in [-0.2, -0.15) is 0 Å². The lowest BCUT2D eigenvalue weighted by molar-refractivity contribution is 0.616. The molecule has 0 amide bonds. The topological polar surface area (TPSA) is 0 Å². The summed E-state index contributed by atoms with van der Waals surface area (Å²) in [6.45, 7) is 9.41. The lowest BCUT2D eigenvalue weighted by Crippen LogP contribution is -2.10. The quantitative estimate of drug-likeness (QED) is 0.273. The molecule has 6 rings (SSSR count). The average molecular weight is 415 g/mol. The molecule has 158 valence electrons. The van der Waals surface area contributed by atoms with Crippen LogP contribution in [-0.2, 0) is 12.8 Å². The zero-order valence-electron chi connectivity index (χ0n) is 19.5. The molecule has 0 N–H and O–H groups in total. The molecular weight excluding hydrogens is 384 g/mol. The first-order chi connectivity index (χ1) is 15.5. The maximum Gasteiger partial charge on any atom is -0.00105 e. The van der Waals surface area contributed by atoms with E-state index in [1.807, 2.05) is 0 Å². The highest BCUT2D eigenvalue weighted by molar-refractivity contribution is 5.82. The van der Waals surface area contributed by atoms with Gasteiger partial charge in [0.2, 0.25) is 0 Å². The van der Waals surface area contributed by atoms with Gasteiger partial charge in [-0.3, -0.25) is 0 Å². The zero-order chi connectivity index (χ0) is 22.0. The van der Waals surface area contributed by atoms with Crippen LogP contribution in [0.4, 0.5) is 0 Å². The molecule has 4 aromatic rings. The van der Waals surface area contributed by atoms with Gasteiger partial charge in [-0.15, -0.1) is 0 Å². The smallest absolute Gasteiger partial charge is 0.00105 e. The molecule has 2 aliphatic carbocycles. The standard InChI is InChI=1S/C32H30/c1-19-13-15-25(29-17-23-9-5-7-11-27(23)31(19)29)21(3)22(4)26-16-14-20(2)32-28-12-8-6-10-24(28)18-30(26)32/h5-16,21-22H,17-18H2,1-4H3. The van der Waals surface area contributed by atoms with Crippen molar-refractivity contribution in [2.75, 3.05) is 0 Å². The van der Waals surface area contributed by atoms with Gasteiger partial charge in [0.05, 0.1) is 0 Å². The first-order valence-electron chi connectivity index (χ1n) is 12.0. The fraction of sp³-hybridized carbons (Fsp3) is 0.250. The van der Waals surface area contributed by atoms with Gasteiger partial charge in [-0.05, 0) is 105 Å². The van der Waals surface area contributed by atoms with Crippen molar-refractivity contribution in [3.8, 4) is 22.3 Å². The maximum absolute atomic E-state index is 2.44. The summed E-state index contributed by atoms with van der Waals surface area (Å²) in [7, 11) is 0. The Balaban J connectivity index is 1.44. The van der Waals surface area contributed by atoms with Gasteiger partial charge < -0.3 is 0 Å². The average Bonchev–Trinajstić information content (AvgIpc) is 3.39. The maximum atomic E-state index is 2.44. The second-order valence-corrected chi connectivity index (χ2v) is 9.90. The van der Waals surface area contributed by atoms with E-state index >= 15 is 0 Å². The third-order valence-corrected chi connectivity index (χ3v) is 8.15. The summed E-state index contributed by atoms with van der Waals surface area (Å²) in [4.78, 5) is 0. The van der Waals surface area contributed by atoms with E-state index in [9.17, 15) is 0 Å². The van der Waals surface area contributed by atoms with Gasteiger partial charge in [0, 0.05) is 0 Å². The van der Waals surface area contributed by atoms with Gasteiger partial charge >= 0.3 is 0 Å². The van der Waals surface area contributed by atoms with E-state index in [1.54, 1.807) is 11.1 Å². The van der Waals surface area contributed by atoms with Gasteiger partial charge in [0.15, 0.2) is 0 Å². The van der Waals surface area contributed by atoms with E-state index < -0.39 is 0 Å². The van der Waals surface area contributed by atoms with Crippen molar-refractivity contribution < 1.29 is 0 Å². The molecule has 2 atom stereocenters. The molecule has 0 spiro atoms. The summed E-state index contributed by atoms with van der Waals surface area (Å²) in [5.74, 6) is 0.934. The normalized spacial score (nSPS) is 15.0.